The molecule has 1 aliphatic rings. The van der Waals surface area contributed by atoms with Gasteiger partial charge in [0, 0.05) is 19.7 Å². The first-order valence-electron chi connectivity index (χ1n) is 7.00. The molecule has 3 N–H and O–H groups in total. The zero-order valence-electron chi connectivity index (χ0n) is 11.9. The summed E-state index contributed by atoms with van der Waals surface area (Å²) in [6.45, 7) is 0.000458. The Morgan fingerprint density at radius 3 is 2.50 bits per heavy atom. The van der Waals surface area contributed by atoms with Gasteiger partial charge in [0.15, 0.2) is 6.04 Å². The number of nitrogens with one attached hydrogen (secondary N) is 1. The van der Waals surface area contributed by atoms with Crippen LogP contribution in [0.25, 0.3) is 0 Å². The Morgan fingerprint density at radius 2 is 2.00 bits per heavy atom. The monoisotopic (exact) mass is 288 g/mol. The van der Waals surface area contributed by atoms with Crippen LogP contribution in [0.3, 0.4) is 0 Å². The summed E-state index contributed by atoms with van der Waals surface area (Å²) in [5, 5.41) is 20.6. The van der Waals surface area contributed by atoms with E-state index < -0.39 is 18.0 Å². The van der Waals surface area contributed by atoms with E-state index >= 15 is 0 Å². The van der Waals surface area contributed by atoms with Gasteiger partial charge in [0.05, 0.1) is 13.2 Å². The third-order valence-corrected chi connectivity index (χ3v) is 3.55. The van der Waals surface area contributed by atoms with E-state index in [4.69, 9.17) is 14.9 Å². The molecule has 0 radical (unpaired) electrons. The fourth-order valence-corrected chi connectivity index (χ4v) is 2.52. The smallest absolute Gasteiger partial charge is 0.328 e. The number of urea groups is 1. The van der Waals surface area contributed by atoms with Gasteiger partial charge in [-0.2, -0.15) is 0 Å². The van der Waals surface area contributed by atoms with E-state index in [0.29, 0.717) is 0 Å². The van der Waals surface area contributed by atoms with Crippen molar-refractivity contribution >= 4 is 12.0 Å². The van der Waals surface area contributed by atoms with Gasteiger partial charge in [0.2, 0.25) is 0 Å². The molecular formula is C13H24N2O5. The van der Waals surface area contributed by atoms with E-state index in [0.717, 1.165) is 32.1 Å². The number of rotatable bonds is 7. The normalized spacial score (nSPS) is 17.5. The number of carbonyl (C=O) groups is 2. The van der Waals surface area contributed by atoms with Crippen molar-refractivity contribution in [1.82, 2.24) is 10.2 Å². The molecule has 1 aliphatic carbocycles. The molecule has 20 heavy (non-hydrogen) atoms. The van der Waals surface area contributed by atoms with E-state index in [1.54, 1.807) is 4.90 Å². The summed E-state index contributed by atoms with van der Waals surface area (Å²) in [7, 11) is 1.38. The molecule has 1 saturated carbocycles. The first-order valence-corrected chi connectivity index (χ1v) is 7.00. The number of aliphatic hydroxyl groups is 1. The first-order chi connectivity index (χ1) is 9.60. The quantitative estimate of drug-likeness (QED) is 0.630. The van der Waals surface area contributed by atoms with Crippen molar-refractivity contribution in [2.24, 2.45) is 0 Å². The summed E-state index contributed by atoms with van der Waals surface area (Å²) in [5.41, 5.74) is 0. The van der Waals surface area contributed by atoms with E-state index in [1.165, 1.54) is 7.11 Å². The molecule has 116 valence electrons. The lowest BCUT2D eigenvalue weighted by Crippen LogP contribution is -2.53. The summed E-state index contributed by atoms with van der Waals surface area (Å²) in [6.07, 6.45) is 5.07. The number of amides is 2. The van der Waals surface area contributed by atoms with Crippen LogP contribution in [0.1, 0.15) is 32.1 Å². The highest BCUT2D eigenvalue weighted by molar-refractivity contribution is 5.82. The number of carboxylic acids is 1. The van der Waals surface area contributed by atoms with Gasteiger partial charge in [0.1, 0.15) is 0 Å². The lowest BCUT2D eigenvalue weighted by atomic mass is 9.94. The summed E-state index contributed by atoms with van der Waals surface area (Å²) in [6, 6.07) is -1.44. The highest BCUT2D eigenvalue weighted by atomic mass is 16.5. The molecule has 1 rings (SSSR count). The molecule has 7 heteroatoms. The van der Waals surface area contributed by atoms with Gasteiger partial charge in [-0.05, 0) is 12.8 Å². The molecule has 0 aromatic carbocycles. The van der Waals surface area contributed by atoms with Crippen LogP contribution in [0, 0.1) is 0 Å². The third-order valence-electron chi connectivity index (χ3n) is 3.55. The molecule has 0 aromatic rings. The first kappa shape index (κ1) is 16.7. The molecule has 0 spiro atoms. The number of methoxy groups -OCH3 is 1. The predicted octanol–water partition coefficient (Wildman–Crippen LogP) is 0.423. The Labute approximate surface area is 118 Å². The van der Waals surface area contributed by atoms with Crippen molar-refractivity contribution in [3.8, 4) is 0 Å². The topological polar surface area (TPSA) is 99.1 Å². The minimum Gasteiger partial charge on any atom is -0.480 e. The number of carboxylic acid groups (broad SMARTS) is 1. The second-order valence-electron chi connectivity index (χ2n) is 5.00. The third kappa shape index (κ3) is 4.97. The summed E-state index contributed by atoms with van der Waals surface area (Å²) in [4.78, 5) is 24.8. The molecule has 1 fully saturated rings. The Morgan fingerprint density at radius 1 is 1.35 bits per heavy atom. The fraction of sp³-hybridized carbons (Fsp3) is 0.846. The minimum absolute atomic E-state index is 0.0767. The zero-order chi connectivity index (χ0) is 15.0. The molecule has 2 amide bonds. The van der Waals surface area contributed by atoms with Crippen LogP contribution >= 0.6 is 0 Å². The largest absolute Gasteiger partial charge is 0.480 e. The highest BCUT2D eigenvalue weighted by Crippen LogP contribution is 2.22. The Kier molecular flexibility index (Phi) is 7.32. The fourth-order valence-electron chi connectivity index (χ4n) is 2.52. The second-order valence-corrected chi connectivity index (χ2v) is 5.00. The maximum atomic E-state index is 12.2. The number of nitrogens with zero attached hydrogens (tertiary/aromatic N) is 1. The van der Waals surface area contributed by atoms with Crippen LogP contribution in [0.2, 0.25) is 0 Å². The van der Waals surface area contributed by atoms with Gasteiger partial charge in [-0.25, -0.2) is 9.59 Å². The number of aliphatic hydroxyl groups excluding tert-OH is 1. The average Bonchev–Trinajstić information content (AvgIpc) is 2.45. The van der Waals surface area contributed by atoms with Gasteiger partial charge < -0.3 is 25.2 Å². The number of carbonyl (C=O) groups excluding carboxylic acids is 1. The van der Waals surface area contributed by atoms with Crippen molar-refractivity contribution < 1.29 is 24.5 Å². The maximum absolute atomic E-state index is 12.2. The van der Waals surface area contributed by atoms with E-state index in [1.807, 2.05) is 0 Å². The Bertz CT molecular complexity index is 318. The second kappa shape index (κ2) is 8.76. The molecule has 0 aliphatic heterocycles. The number of ether oxygens (including phenoxy) is 1. The Balaban J connectivity index is 2.64. The highest BCUT2D eigenvalue weighted by Gasteiger charge is 2.28. The summed E-state index contributed by atoms with van der Waals surface area (Å²) >= 11 is 0. The van der Waals surface area contributed by atoms with Gasteiger partial charge in [0.25, 0.3) is 0 Å². The Hall–Kier alpha value is -1.34. The van der Waals surface area contributed by atoms with Gasteiger partial charge in [-0.3, -0.25) is 0 Å². The van der Waals surface area contributed by atoms with Gasteiger partial charge in [-0.1, -0.05) is 19.3 Å². The SMILES string of the molecule is COCC(NC(=O)N(CCO)C1CCCCC1)C(=O)O. The van der Waals surface area contributed by atoms with Crippen molar-refractivity contribution in [2.75, 3.05) is 26.9 Å². The molecule has 1 unspecified atom stereocenters. The molecule has 1 atom stereocenters. The van der Waals surface area contributed by atoms with Crippen molar-refractivity contribution in [1.29, 1.82) is 0 Å². The summed E-state index contributed by atoms with van der Waals surface area (Å²) in [5.74, 6) is -1.13. The molecule has 0 saturated heterocycles. The lowest BCUT2D eigenvalue weighted by Gasteiger charge is -2.34. The maximum Gasteiger partial charge on any atom is 0.328 e. The summed E-state index contributed by atoms with van der Waals surface area (Å²) < 4.78 is 4.79. The molecule has 0 bridgehead atoms. The van der Waals surface area contributed by atoms with Crippen LogP contribution < -0.4 is 5.32 Å². The van der Waals surface area contributed by atoms with Crippen LogP contribution in [0.15, 0.2) is 0 Å². The van der Waals surface area contributed by atoms with Crippen LogP contribution in [-0.4, -0.2) is 66.1 Å². The minimum atomic E-state index is -1.13. The van der Waals surface area contributed by atoms with E-state index in [-0.39, 0.29) is 25.8 Å². The van der Waals surface area contributed by atoms with Crippen molar-refractivity contribution in [3.63, 3.8) is 0 Å². The zero-order valence-corrected chi connectivity index (χ0v) is 11.9. The molecule has 7 nitrogen and oxygen atoms in total. The van der Waals surface area contributed by atoms with E-state index in [2.05, 4.69) is 5.32 Å². The van der Waals surface area contributed by atoms with Crippen LogP contribution in [0.5, 0.6) is 0 Å². The molecule has 0 aromatic heterocycles. The van der Waals surface area contributed by atoms with E-state index in [9.17, 15) is 9.59 Å². The number of aliphatic carboxylic acids is 1. The van der Waals surface area contributed by atoms with Crippen LogP contribution in [0.4, 0.5) is 4.79 Å². The lowest BCUT2D eigenvalue weighted by molar-refractivity contribution is -0.140. The predicted molar refractivity (Wildman–Crippen MR) is 72.5 cm³/mol. The van der Waals surface area contributed by atoms with Crippen molar-refractivity contribution in [2.45, 2.75) is 44.2 Å². The van der Waals surface area contributed by atoms with Gasteiger partial charge >= 0.3 is 12.0 Å². The van der Waals surface area contributed by atoms with Crippen molar-refractivity contribution in [3.05, 3.63) is 0 Å². The number of hydrogen-bond donors (Lipinski definition) is 3. The number of hydrogen-bond acceptors (Lipinski definition) is 4. The van der Waals surface area contributed by atoms with Gasteiger partial charge in [-0.15, -0.1) is 0 Å². The molecular weight excluding hydrogens is 264 g/mol. The standard InChI is InChI=1S/C13H24N2O5/c1-20-9-11(12(17)18)14-13(19)15(7-8-16)10-5-3-2-4-6-10/h10-11,16H,2-9H2,1H3,(H,14,19)(H,17,18). The van der Waals surface area contributed by atoms with Crippen LogP contribution in [-0.2, 0) is 9.53 Å². The molecule has 0 heterocycles. The average molecular weight is 288 g/mol.